The van der Waals surface area contributed by atoms with Gasteiger partial charge in [-0.1, -0.05) is 17.8 Å². The van der Waals surface area contributed by atoms with E-state index in [4.69, 9.17) is 4.42 Å². The maximum absolute atomic E-state index is 11.5. The minimum atomic E-state index is -2.88. The zero-order valence-corrected chi connectivity index (χ0v) is 15.4. The molecule has 0 aliphatic carbocycles. The number of thioether (sulfide) groups is 1. The Morgan fingerprint density at radius 2 is 2.20 bits per heavy atom. The SMILES string of the molecule is Cc1ccc2nc(CSc3nnc(C[C@H]4CCS(=O)(=O)C4)o3)cn2c1. The fourth-order valence-corrected chi connectivity index (χ4v) is 5.55. The van der Waals surface area contributed by atoms with Gasteiger partial charge in [-0.15, -0.1) is 10.2 Å². The van der Waals surface area contributed by atoms with Crippen LogP contribution in [0.15, 0.2) is 34.2 Å². The zero-order chi connectivity index (χ0) is 17.4. The van der Waals surface area contributed by atoms with Gasteiger partial charge in [-0.2, -0.15) is 0 Å². The highest BCUT2D eigenvalue weighted by atomic mass is 32.2. The van der Waals surface area contributed by atoms with Gasteiger partial charge in [0.2, 0.25) is 5.89 Å². The fourth-order valence-electron chi connectivity index (χ4n) is 3.02. The maximum Gasteiger partial charge on any atom is 0.276 e. The van der Waals surface area contributed by atoms with Gasteiger partial charge in [0.1, 0.15) is 5.65 Å². The van der Waals surface area contributed by atoms with E-state index in [0.717, 1.165) is 11.3 Å². The molecule has 0 N–H and O–H groups in total. The van der Waals surface area contributed by atoms with Crippen LogP contribution >= 0.6 is 11.8 Å². The molecule has 1 aliphatic rings. The average molecular weight is 378 g/mol. The third kappa shape index (κ3) is 3.87. The van der Waals surface area contributed by atoms with E-state index in [9.17, 15) is 8.42 Å². The van der Waals surface area contributed by atoms with Crippen LogP contribution in [0.1, 0.15) is 23.6 Å². The lowest BCUT2D eigenvalue weighted by Crippen LogP contribution is -2.07. The third-order valence-electron chi connectivity index (χ3n) is 4.23. The molecule has 0 aromatic carbocycles. The second-order valence-electron chi connectivity index (χ2n) is 6.43. The van der Waals surface area contributed by atoms with Crippen molar-refractivity contribution in [2.24, 2.45) is 5.92 Å². The van der Waals surface area contributed by atoms with Crippen LogP contribution in [0.25, 0.3) is 5.65 Å². The number of sulfone groups is 1. The Morgan fingerprint density at radius 1 is 1.32 bits per heavy atom. The summed E-state index contributed by atoms with van der Waals surface area (Å²) in [5.74, 6) is 1.72. The van der Waals surface area contributed by atoms with Crippen molar-refractivity contribution >= 4 is 27.2 Å². The number of imidazole rings is 1. The molecule has 1 fully saturated rings. The van der Waals surface area contributed by atoms with Gasteiger partial charge in [-0.25, -0.2) is 13.4 Å². The summed E-state index contributed by atoms with van der Waals surface area (Å²) in [4.78, 5) is 4.56. The molecule has 0 bridgehead atoms. The Balaban J connectivity index is 1.37. The van der Waals surface area contributed by atoms with Gasteiger partial charge in [0.25, 0.3) is 5.22 Å². The number of rotatable bonds is 5. The van der Waals surface area contributed by atoms with Crippen LogP contribution in [-0.2, 0) is 22.0 Å². The molecule has 25 heavy (non-hydrogen) atoms. The number of pyridine rings is 1. The van der Waals surface area contributed by atoms with Gasteiger partial charge in [0, 0.05) is 24.6 Å². The lowest BCUT2D eigenvalue weighted by Gasteiger charge is -2.01. The number of hydrogen-bond acceptors (Lipinski definition) is 7. The van der Waals surface area contributed by atoms with E-state index in [-0.39, 0.29) is 17.4 Å². The lowest BCUT2D eigenvalue weighted by molar-refractivity contribution is 0.389. The zero-order valence-electron chi connectivity index (χ0n) is 13.8. The second-order valence-corrected chi connectivity index (χ2v) is 9.58. The maximum atomic E-state index is 11.5. The predicted octanol–water partition coefficient (Wildman–Crippen LogP) is 2.30. The van der Waals surface area contributed by atoms with E-state index in [1.54, 1.807) is 0 Å². The Morgan fingerprint density at radius 3 is 3.00 bits per heavy atom. The van der Waals surface area contributed by atoms with Crippen LogP contribution in [0, 0.1) is 12.8 Å². The first kappa shape index (κ1) is 16.6. The molecule has 132 valence electrons. The van der Waals surface area contributed by atoms with E-state index in [0.29, 0.717) is 29.7 Å². The van der Waals surface area contributed by atoms with E-state index in [1.165, 1.54) is 17.3 Å². The normalized spacial score (nSPS) is 19.6. The molecule has 4 rings (SSSR count). The van der Waals surface area contributed by atoms with Gasteiger partial charge in [-0.3, -0.25) is 0 Å². The molecule has 0 saturated carbocycles. The number of nitrogens with zero attached hydrogens (tertiary/aromatic N) is 4. The van der Waals surface area contributed by atoms with Gasteiger partial charge in [0.15, 0.2) is 9.84 Å². The van der Waals surface area contributed by atoms with Gasteiger partial charge < -0.3 is 8.82 Å². The first-order valence-electron chi connectivity index (χ1n) is 8.07. The van der Waals surface area contributed by atoms with Crippen LogP contribution in [-0.4, -0.2) is 39.5 Å². The molecule has 0 spiro atoms. The van der Waals surface area contributed by atoms with Gasteiger partial charge >= 0.3 is 0 Å². The third-order valence-corrected chi connectivity index (χ3v) is 6.92. The molecular weight excluding hydrogens is 360 g/mol. The van der Waals surface area contributed by atoms with Crippen molar-refractivity contribution in [3.8, 4) is 0 Å². The van der Waals surface area contributed by atoms with E-state index < -0.39 is 9.84 Å². The Labute approximate surface area is 149 Å². The smallest absolute Gasteiger partial charge is 0.276 e. The predicted molar refractivity (Wildman–Crippen MR) is 94.3 cm³/mol. The van der Waals surface area contributed by atoms with Crippen LogP contribution in [0.4, 0.5) is 0 Å². The van der Waals surface area contributed by atoms with Crippen molar-refractivity contribution in [1.29, 1.82) is 0 Å². The molecule has 0 amide bonds. The van der Waals surface area contributed by atoms with Crippen molar-refractivity contribution in [3.63, 3.8) is 0 Å². The monoisotopic (exact) mass is 378 g/mol. The summed E-state index contributed by atoms with van der Waals surface area (Å²) in [5.41, 5.74) is 3.03. The molecule has 1 aliphatic heterocycles. The van der Waals surface area contributed by atoms with Crippen LogP contribution < -0.4 is 0 Å². The Kier molecular flexibility index (Phi) is 4.28. The van der Waals surface area contributed by atoms with E-state index in [2.05, 4.69) is 15.2 Å². The Bertz CT molecular complexity index is 1010. The standard InChI is InChI=1S/C16H18N4O3S2/c1-11-2-3-14-17-13(8-20(14)7-11)9-24-16-19-18-15(23-16)6-12-4-5-25(21,22)10-12/h2-3,7-8,12H,4-6,9-10H2,1H3/t12-/m1/s1. The first-order valence-corrected chi connectivity index (χ1v) is 10.9. The minimum absolute atomic E-state index is 0.0879. The minimum Gasteiger partial charge on any atom is -0.416 e. The highest BCUT2D eigenvalue weighted by Gasteiger charge is 2.29. The van der Waals surface area contributed by atoms with Gasteiger partial charge in [0.05, 0.1) is 17.2 Å². The molecule has 0 unspecified atom stereocenters. The summed E-state index contributed by atoms with van der Waals surface area (Å²) >= 11 is 1.44. The molecule has 7 nitrogen and oxygen atoms in total. The second kappa shape index (κ2) is 6.45. The number of aryl methyl sites for hydroxylation is 1. The highest BCUT2D eigenvalue weighted by molar-refractivity contribution is 7.98. The fraction of sp³-hybridized carbons (Fsp3) is 0.438. The van der Waals surface area contributed by atoms with Crippen molar-refractivity contribution in [1.82, 2.24) is 19.6 Å². The summed E-state index contributed by atoms with van der Waals surface area (Å²) < 4.78 is 30.7. The Hall–Kier alpha value is -1.87. The van der Waals surface area contributed by atoms with Crippen LogP contribution in [0.5, 0.6) is 0 Å². The first-order chi connectivity index (χ1) is 12.0. The summed E-state index contributed by atoms with van der Waals surface area (Å²) in [5, 5.41) is 8.57. The average Bonchev–Trinajstić information content (AvgIpc) is 3.24. The largest absolute Gasteiger partial charge is 0.416 e. The van der Waals surface area contributed by atoms with Crippen molar-refractivity contribution < 1.29 is 12.8 Å². The summed E-state index contributed by atoms with van der Waals surface area (Å²) in [6.45, 7) is 2.05. The van der Waals surface area contributed by atoms with Crippen molar-refractivity contribution in [3.05, 3.63) is 41.7 Å². The highest BCUT2D eigenvalue weighted by Crippen LogP contribution is 2.25. The summed E-state index contributed by atoms with van der Waals surface area (Å²) in [7, 11) is -2.88. The molecule has 9 heteroatoms. The number of aromatic nitrogens is 4. The summed E-state index contributed by atoms with van der Waals surface area (Å²) in [6, 6.07) is 4.02. The van der Waals surface area contributed by atoms with Crippen molar-refractivity contribution in [2.75, 3.05) is 11.5 Å². The molecule has 1 saturated heterocycles. The van der Waals surface area contributed by atoms with E-state index >= 15 is 0 Å². The number of hydrogen-bond donors (Lipinski definition) is 0. The molecule has 0 radical (unpaired) electrons. The lowest BCUT2D eigenvalue weighted by atomic mass is 10.1. The summed E-state index contributed by atoms with van der Waals surface area (Å²) in [6.07, 6.45) is 5.24. The quantitative estimate of drug-likeness (QED) is 0.629. The topological polar surface area (TPSA) is 90.4 Å². The molecular formula is C16H18N4O3S2. The van der Waals surface area contributed by atoms with Crippen molar-refractivity contribution in [2.45, 2.75) is 30.7 Å². The van der Waals surface area contributed by atoms with Crippen LogP contribution in [0.2, 0.25) is 0 Å². The molecule has 4 heterocycles. The van der Waals surface area contributed by atoms with E-state index in [1.807, 2.05) is 35.9 Å². The van der Waals surface area contributed by atoms with Gasteiger partial charge in [-0.05, 0) is 30.9 Å². The van der Waals surface area contributed by atoms with Crippen LogP contribution in [0.3, 0.4) is 0 Å². The number of fused-ring (bicyclic) bond motifs is 1. The molecule has 1 atom stereocenters. The molecule has 3 aromatic rings. The molecule has 3 aromatic heterocycles.